The normalized spacial score (nSPS) is 12.7. The van der Waals surface area contributed by atoms with Gasteiger partial charge in [0.05, 0.1) is 5.02 Å². The van der Waals surface area contributed by atoms with Gasteiger partial charge in [-0.1, -0.05) is 46.2 Å². The quantitative estimate of drug-likeness (QED) is 0.563. The van der Waals surface area contributed by atoms with E-state index in [0.717, 1.165) is 12.1 Å². The molecule has 0 saturated carbocycles. The monoisotopic (exact) mass is 385 g/mol. The van der Waals surface area contributed by atoms with E-state index < -0.39 is 20.0 Å². The zero-order chi connectivity index (χ0) is 19.5. The number of anilines is 1. The maximum Gasteiger partial charge on any atom is 0.412 e. The Bertz CT molecular complexity index is 602. The predicted octanol–water partition coefficient (Wildman–Crippen LogP) is 6.85. The molecule has 0 aliphatic heterocycles. The number of ether oxygens (including phenoxy) is 1. The first-order valence-corrected chi connectivity index (χ1v) is 11.5. The second kappa shape index (κ2) is 8.00. The molecule has 6 heteroatoms. The molecule has 0 bridgehead atoms. The fourth-order valence-electron chi connectivity index (χ4n) is 2.90. The summed E-state index contributed by atoms with van der Waals surface area (Å²) in [6.07, 6.45) is -0.494. The van der Waals surface area contributed by atoms with Crippen molar-refractivity contribution in [2.75, 3.05) is 5.32 Å². The van der Waals surface area contributed by atoms with Gasteiger partial charge in [-0.25, -0.2) is 4.79 Å². The van der Waals surface area contributed by atoms with Crippen LogP contribution in [0.3, 0.4) is 0 Å². The van der Waals surface area contributed by atoms with Crippen LogP contribution in [-0.4, -0.2) is 20.0 Å². The van der Waals surface area contributed by atoms with Crippen LogP contribution in [0.2, 0.25) is 22.1 Å². The van der Waals surface area contributed by atoms with Crippen molar-refractivity contribution in [3.05, 3.63) is 23.2 Å². The Morgan fingerprint density at radius 1 is 1.12 bits per heavy atom. The second-order valence-electron chi connectivity index (χ2n) is 8.33. The molecule has 0 unspecified atom stereocenters. The molecule has 0 fully saturated rings. The summed E-state index contributed by atoms with van der Waals surface area (Å²) >= 11 is 6.36. The van der Waals surface area contributed by atoms with E-state index in [-0.39, 0.29) is 5.04 Å². The van der Waals surface area contributed by atoms with Crippen LogP contribution in [0.25, 0.3) is 0 Å². The van der Waals surface area contributed by atoms with Gasteiger partial charge in [-0.15, -0.1) is 0 Å². The van der Waals surface area contributed by atoms with E-state index in [1.807, 2.05) is 20.8 Å². The van der Waals surface area contributed by atoms with E-state index in [0.29, 0.717) is 16.5 Å². The number of benzene rings is 1. The molecule has 0 aliphatic carbocycles. The van der Waals surface area contributed by atoms with Crippen LogP contribution in [-0.2, 0) is 4.74 Å². The molecule has 4 nitrogen and oxygen atoms in total. The molecule has 0 heterocycles. The summed E-state index contributed by atoms with van der Waals surface area (Å²) in [6.45, 7) is 16.5. The molecule has 1 amide bonds. The number of halogens is 1. The van der Waals surface area contributed by atoms with Gasteiger partial charge in [0.2, 0.25) is 0 Å². The third-order valence-corrected chi connectivity index (χ3v) is 10.3. The smallest absolute Gasteiger partial charge is 0.412 e. The zero-order valence-electron chi connectivity index (χ0n) is 16.7. The van der Waals surface area contributed by atoms with Crippen LogP contribution in [0.1, 0.15) is 55.4 Å². The zero-order valence-corrected chi connectivity index (χ0v) is 18.5. The maximum absolute atomic E-state index is 12.0. The van der Waals surface area contributed by atoms with E-state index in [9.17, 15) is 4.79 Å². The molecule has 142 valence electrons. The number of hydrogen-bond donors (Lipinski definition) is 1. The molecular formula is C19H32ClNO3Si. The molecular weight excluding hydrogens is 354 g/mol. The van der Waals surface area contributed by atoms with Gasteiger partial charge in [0, 0.05) is 11.8 Å². The Balaban J connectivity index is 3.07. The van der Waals surface area contributed by atoms with Crippen LogP contribution < -0.4 is 9.74 Å². The lowest BCUT2D eigenvalue weighted by Crippen LogP contribution is -2.49. The van der Waals surface area contributed by atoms with E-state index in [1.54, 1.807) is 18.2 Å². The van der Waals surface area contributed by atoms with Crippen molar-refractivity contribution in [1.82, 2.24) is 0 Å². The first-order valence-electron chi connectivity index (χ1n) is 8.82. The topological polar surface area (TPSA) is 47.6 Å². The number of carbonyl (C=O) groups is 1. The second-order valence-corrected chi connectivity index (χ2v) is 13.8. The molecule has 0 spiro atoms. The first-order chi connectivity index (χ1) is 11.3. The van der Waals surface area contributed by atoms with Crippen molar-refractivity contribution in [2.45, 2.75) is 78.1 Å². The molecule has 0 atom stereocenters. The number of amides is 1. The Kier molecular flexibility index (Phi) is 6.99. The lowest BCUT2D eigenvalue weighted by atomic mass is 10.2. The highest BCUT2D eigenvalue weighted by Crippen LogP contribution is 2.44. The van der Waals surface area contributed by atoms with Crippen LogP contribution >= 0.6 is 11.6 Å². The summed E-state index contributed by atoms with van der Waals surface area (Å²) in [4.78, 5) is 12.0. The summed E-state index contributed by atoms with van der Waals surface area (Å²) in [6, 6.07) is 7.26. The maximum atomic E-state index is 12.0. The summed E-state index contributed by atoms with van der Waals surface area (Å²) in [5.41, 5.74) is 0.0619. The van der Waals surface area contributed by atoms with Gasteiger partial charge in [-0.2, -0.15) is 0 Å². The third kappa shape index (κ3) is 5.92. The number of rotatable bonds is 5. The molecule has 25 heavy (non-hydrogen) atoms. The van der Waals surface area contributed by atoms with Crippen molar-refractivity contribution < 1.29 is 14.0 Å². The van der Waals surface area contributed by atoms with Gasteiger partial charge >= 0.3 is 6.09 Å². The van der Waals surface area contributed by atoms with Crippen LogP contribution in [0.4, 0.5) is 10.5 Å². The predicted molar refractivity (Wildman–Crippen MR) is 108 cm³/mol. The van der Waals surface area contributed by atoms with Crippen molar-refractivity contribution in [2.24, 2.45) is 0 Å². The Morgan fingerprint density at radius 2 is 1.68 bits per heavy atom. The van der Waals surface area contributed by atoms with Gasteiger partial charge < -0.3 is 9.16 Å². The highest BCUT2D eigenvalue weighted by atomic mass is 35.5. The Labute approximate surface area is 158 Å². The largest absolute Gasteiger partial charge is 0.542 e. The fraction of sp³-hybridized carbons (Fsp3) is 0.632. The number of nitrogens with one attached hydrogen (secondary N) is 1. The van der Waals surface area contributed by atoms with Crippen LogP contribution in [0.5, 0.6) is 5.75 Å². The standard InChI is InChI=1S/C19H32ClNO3Si/c1-9-25(10-2,19(6,7)8)24-16-13-14(11-12-15(16)20)21-17(22)23-18(3,4)5/h11-13H,9-10H2,1-8H3,(H,21,22). The van der Waals surface area contributed by atoms with Crippen molar-refractivity contribution >= 4 is 31.7 Å². The lowest BCUT2D eigenvalue weighted by molar-refractivity contribution is 0.0636. The third-order valence-electron chi connectivity index (χ3n) is 4.39. The average molecular weight is 386 g/mol. The minimum Gasteiger partial charge on any atom is -0.542 e. The highest BCUT2D eigenvalue weighted by molar-refractivity contribution is 6.77. The molecule has 1 aromatic carbocycles. The van der Waals surface area contributed by atoms with Gasteiger partial charge in [-0.3, -0.25) is 5.32 Å². The Morgan fingerprint density at radius 3 is 2.12 bits per heavy atom. The van der Waals surface area contributed by atoms with Crippen molar-refractivity contribution in [1.29, 1.82) is 0 Å². The minimum absolute atomic E-state index is 0.0778. The summed E-state index contributed by atoms with van der Waals surface area (Å²) < 4.78 is 11.8. The van der Waals surface area contributed by atoms with Gasteiger partial charge in [0.25, 0.3) is 8.32 Å². The van der Waals surface area contributed by atoms with Gasteiger partial charge in [-0.05, 0) is 50.0 Å². The molecule has 1 aromatic rings. The van der Waals surface area contributed by atoms with E-state index in [2.05, 4.69) is 39.9 Å². The molecule has 1 rings (SSSR count). The molecule has 0 radical (unpaired) electrons. The van der Waals surface area contributed by atoms with E-state index in [4.69, 9.17) is 20.8 Å². The van der Waals surface area contributed by atoms with Crippen LogP contribution in [0, 0.1) is 0 Å². The van der Waals surface area contributed by atoms with Gasteiger partial charge in [0.15, 0.2) is 0 Å². The van der Waals surface area contributed by atoms with Crippen molar-refractivity contribution in [3.63, 3.8) is 0 Å². The Hall–Kier alpha value is -1.20. The fourth-order valence-corrected chi connectivity index (χ4v) is 6.93. The first kappa shape index (κ1) is 21.8. The summed E-state index contributed by atoms with van der Waals surface area (Å²) in [5, 5.41) is 3.37. The van der Waals surface area contributed by atoms with E-state index >= 15 is 0 Å². The summed E-state index contributed by atoms with van der Waals surface area (Å²) in [5.74, 6) is 0.625. The SMILES string of the molecule is CC[Si](CC)(Oc1cc(NC(=O)OC(C)(C)C)ccc1Cl)C(C)(C)C. The summed E-state index contributed by atoms with van der Waals surface area (Å²) in [7, 11) is -2.05. The highest BCUT2D eigenvalue weighted by Gasteiger charge is 2.45. The van der Waals surface area contributed by atoms with Crippen LogP contribution in [0.15, 0.2) is 18.2 Å². The van der Waals surface area contributed by atoms with Gasteiger partial charge in [0.1, 0.15) is 11.4 Å². The molecule has 0 saturated heterocycles. The lowest BCUT2D eigenvalue weighted by Gasteiger charge is -2.41. The average Bonchev–Trinajstić information content (AvgIpc) is 2.44. The molecule has 1 N–H and O–H groups in total. The number of hydrogen-bond acceptors (Lipinski definition) is 3. The van der Waals surface area contributed by atoms with E-state index in [1.165, 1.54) is 0 Å². The van der Waals surface area contributed by atoms with Crippen molar-refractivity contribution in [3.8, 4) is 5.75 Å². The molecule has 0 aromatic heterocycles. The minimum atomic E-state index is -2.05. The number of carbonyl (C=O) groups excluding carboxylic acids is 1. The molecule has 0 aliphatic rings.